The number of rotatable bonds is 2. The first kappa shape index (κ1) is 12.1. The first-order valence-corrected chi connectivity index (χ1v) is 7.40. The van der Waals surface area contributed by atoms with Gasteiger partial charge in [-0.1, -0.05) is 25.1 Å². The topological polar surface area (TPSA) is 38.1 Å². The summed E-state index contributed by atoms with van der Waals surface area (Å²) in [5.41, 5.74) is 1.56. The molecule has 3 nitrogen and oxygen atoms in total. The van der Waals surface area contributed by atoms with Crippen molar-refractivity contribution in [2.45, 2.75) is 30.6 Å². The summed E-state index contributed by atoms with van der Waals surface area (Å²) in [6.45, 7) is 2.11. The molecule has 2 heterocycles. The van der Waals surface area contributed by atoms with Crippen LogP contribution in [-0.4, -0.2) is 31.5 Å². The summed E-state index contributed by atoms with van der Waals surface area (Å²) < 4.78 is 1.90. The number of fused-ring (bicyclic) bond motifs is 1. The van der Waals surface area contributed by atoms with E-state index in [0.29, 0.717) is 11.7 Å². The van der Waals surface area contributed by atoms with E-state index in [1.807, 2.05) is 35.6 Å². The maximum absolute atomic E-state index is 10.7. The summed E-state index contributed by atoms with van der Waals surface area (Å²) in [7, 11) is 1.96. The van der Waals surface area contributed by atoms with Gasteiger partial charge in [-0.3, -0.25) is 4.68 Å². The molecule has 1 fully saturated rings. The number of thioether (sulfide) groups is 1. The summed E-state index contributed by atoms with van der Waals surface area (Å²) in [5, 5.41) is 16.7. The number of aromatic nitrogens is 2. The van der Waals surface area contributed by atoms with Gasteiger partial charge < -0.3 is 5.11 Å². The first-order valence-electron chi connectivity index (χ1n) is 6.35. The van der Waals surface area contributed by atoms with Gasteiger partial charge >= 0.3 is 0 Å². The number of benzene rings is 1. The Morgan fingerprint density at radius 1 is 1.50 bits per heavy atom. The van der Waals surface area contributed by atoms with E-state index in [1.54, 1.807) is 0 Å². The number of nitrogens with zero attached hydrogens (tertiary/aromatic N) is 2. The van der Waals surface area contributed by atoms with Gasteiger partial charge in [0, 0.05) is 24.1 Å². The lowest BCUT2D eigenvalue weighted by Gasteiger charge is -2.25. The van der Waals surface area contributed by atoms with Crippen LogP contribution in [0, 0.1) is 0 Å². The second kappa shape index (κ2) is 4.28. The summed E-state index contributed by atoms with van der Waals surface area (Å²) in [5.74, 6) is 1.04. The van der Waals surface area contributed by atoms with Crippen LogP contribution in [0.2, 0.25) is 0 Å². The highest BCUT2D eigenvalue weighted by atomic mass is 32.2. The van der Waals surface area contributed by atoms with Crippen molar-refractivity contribution >= 4 is 22.7 Å². The average molecular weight is 262 g/mol. The van der Waals surface area contributed by atoms with Gasteiger partial charge in [-0.2, -0.15) is 16.9 Å². The number of aliphatic hydroxyl groups is 1. The zero-order valence-corrected chi connectivity index (χ0v) is 11.6. The van der Waals surface area contributed by atoms with Crippen molar-refractivity contribution in [2.24, 2.45) is 7.05 Å². The fourth-order valence-electron chi connectivity index (χ4n) is 2.71. The van der Waals surface area contributed by atoms with Gasteiger partial charge in [0.05, 0.1) is 16.8 Å². The Hall–Kier alpha value is -1.00. The minimum Gasteiger partial charge on any atom is -0.388 e. The largest absolute Gasteiger partial charge is 0.388 e. The Morgan fingerprint density at radius 2 is 2.28 bits per heavy atom. The number of hydrogen-bond acceptors (Lipinski definition) is 3. The van der Waals surface area contributed by atoms with Crippen molar-refractivity contribution in [3.63, 3.8) is 0 Å². The molecule has 1 N–H and O–H groups in total. The Kier molecular flexibility index (Phi) is 2.87. The van der Waals surface area contributed by atoms with E-state index in [9.17, 15) is 5.11 Å². The minimum absolute atomic E-state index is 0.290. The smallest absolute Gasteiger partial charge is 0.0827 e. The van der Waals surface area contributed by atoms with Crippen LogP contribution >= 0.6 is 11.8 Å². The molecule has 0 spiro atoms. The van der Waals surface area contributed by atoms with Crippen molar-refractivity contribution in [1.29, 1.82) is 0 Å². The van der Waals surface area contributed by atoms with E-state index in [1.165, 1.54) is 0 Å². The molecule has 0 saturated carbocycles. The minimum atomic E-state index is -0.595. The highest BCUT2D eigenvalue weighted by molar-refractivity contribution is 8.00. The third-order valence-corrected chi connectivity index (χ3v) is 5.35. The van der Waals surface area contributed by atoms with Crippen LogP contribution in [0.1, 0.15) is 19.0 Å². The third-order valence-electron chi connectivity index (χ3n) is 3.97. The summed E-state index contributed by atoms with van der Waals surface area (Å²) in [6.07, 6.45) is 1.52. The lowest BCUT2D eigenvalue weighted by molar-refractivity contribution is 0.0457. The van der Waals surface area contributed by atoms with Gasteiger partial charge in [0.15, 0.2) is 0 Å². The molecule has 1 aromatic carbocycles. The SMILES string of the molecule is CC1SCCC1(O)Cc1nn(C)c2ccccc12. The van der Waals surface area contributed by atoms with Crippen LogP contribution in [0.25, 0.3) is 10.9 Å². The third kappa shape index (κ3) is 1.84. The highest BCUT2D eigenvalue weighted by Crippen LogP contribution is 2.38. The molecule has 4 heteroatoms. The van der Waals surface area contributed by atoms with Crippen molar-refractivity contribution in [1.82, 2.24) is 9.78 Å². The molecule has 96 valence electrons. The molecule has 2 aromatic rings. The molecular formula is C14H18N2OS. The highest BCUT2D eigenvalue weighted by Gasteiger charge is 2.39. The summed E-state index contributed by atoms with van der Waals surface area (Å²) in [4.78, 5) is 0. The van der Waals surface area contributed by atoms with Crippen LogP contribution in [0.5, 0.6) is 0 Å². The first-order chi connectivity index (χ1) is 8.60. The van der Waals surface area contributed by atoms with Gasteiger partial charge in [-0.05, 0) is 18.2 Å². The maximum Gasteiger partial charge on any atom is 0.0827 e. The van der Waals surface area contributed by atoms with Crippen LogP contribution in [0.3, 0.4) is 0 Å². The van der Waals surface area contributed by atoms with E-state index in [4.69, 9.17) is 0 Å². The summed E-state index contributed by atoms with van der Waals surface area (Å²) in [6, 6.07) is 8.22. The second-order valence-corrected chi connectivity index (χ2v) is 6.58. The molecule has 1 aliphatic heterocycles. The standard InChI is InChI=1S/C14H18N2OS/c1-10-14(17,7-8-18-10)9-12-11-5-3-4-6-13(11)16(2)15-12/h3-6,10,17H,7-9H2,1-2H3. The van der Waals surface area contributed by atoms with E-state index >= 15 is 0 Å². The monoisotopic (exact) mass is 262 g/mol. The fraction of sp³-hybridized carbons (Fsp3) is 0.500. The zero-order valence-electron chi connectivity index (χ0n) is 10.8. The lowest BCUT2D eigenvalue weighted by atomic mass is 9.91. The van der Waals surface area contributed by atoms with Crippen LogP contribution in [0.4, 0.5) is 0 Å². The molecular weight excluding hydrogens is 244 g/mol. The molecule has 0 aliphatic carbocycles. The Labute approximate surface area is 111 Å². The van der Waals surface area contributed by atoms with Gasteiger partial charge in [0.2, 0.25) is 0 Å². The molecule has 1 aromatic heterocycles. The molecule has 2 atom stereocenters. The predicted molar refractivity (Wildman–Crippen MR) is 75.9 cm³/mol. The number of hydrogen-bond donors (Lipinski definition) is 1. The summed E-state index contributed by atoms with van der Waals surface area (Å²) >= 11 is 1.85. The number of aryl methyl sites for hydroxylation is 1. The van der Waals surface area contributed by atoms with Gasteiger partial charge in [0.25, 0.3) is 0 Å². The quantitative estimate of drug-likeness (QED) is 0.903. The van der Waals surface area contributed by atoms with Gasteiger partial charge in [0.1, 0.15) is 0 Å². The van der Waals surface area contributed by atoms with Crippen molar-refractivity contribution in [3.05, 3.63) is 30.0 Å². The maximum atomic E-state index is 10.7. The second-order valence-electron chi connectivity index (χ2n) is 5.13. The molecule has 1 aliphatic rings. The van der Waals surface area contributed by atoms with E-state index < -0.39 is 5.60 Å². The molecule has 18 heavy (non-hydrogen) atoms. The molecule has 0 bridgehead atoms. The predicted octanol–water partition coefficient (Wildman–Crippen LogP) is 2.37. The van der Waals surface area contributed by atoms with E-state index in [0.717, 1.165) is 28.8 Å². The van der Waals surface area contributed by atoms with Crippen LogP contribution in [-0.2, 0) is 13.5 Å². The van der Waals surface area contributed by atoms with E-state index in [-0.39, 0.29) is 0 Å². The zero-order chi connectivity index (χ0) is 12.8. The average Bonchev–Trinajstić information content (AvgIpc) is 2.83. The molecule has 1 saturated heterocycles. The molecule has 2 unspecified atom stereocenters. The fourth-order valence-corrected chi connectivity index (χ4v) is 4.05. The van der Waals surface area contributed by atoms with Crippen molar-refractivity contribution in [3.8, 4) is 0 Å². The van der Waals surface area contributed by atoms with Crippen LogP contribution in [0.15, 0.2) is 24.3 Å². The Bertz CT molecular complexity index is 580. The van der Waals surface area contributed by atoms with Crippen molar-refractivity contribution in [2.75, 3.05) is 5.75 Å². The van der Waals surface area contributed by atoms with Gasteiger partial charge in [-0.15, -0.1) is 0 Å². The van der Waals surface area contributed by atoms with Crippen LogP contribution < -0.4 is 0 Å². The molecule has 0 radical (unpaired) electrons. The Morgan fingerprint density at radius 3 is 3.00 bits per heavy atom. The number of para-hydroxylation sites is 1. The lowest BCUT2D eigenvalue weighted by Crippen LogP contribution is -2.37. The normalized spacial score (nSPS) is 28.1. The Balaban J connectivity index is 2.00. The molecule has 0 amide bonds. The van der Waals surface area contributed by atoms with E-state index in [2.05, 4.69) is 24.2 Å². The molecule has 3 rings (SSSR count). The van der Waals surface area contributed by atoms with Gasteiger partial charge in [-0.25, -0.2) is 0 Å². The van der Waals surface area contributed by atoms with Crippen molar-refractivity contribution < 1.29 is 5.11 Å².